The third-order valence-corrected chi connectivity index (χ3v) is 7.52. The largest absolute Gasteiger partial charge is 0.378 e. The molecule has 1 aromatic heterocycles. The molecular formula is C25H25F3N4O4. The van der Waals surface area contributed by atoms with E-state index in [4.69, 9.17) is 4.74 Å². The number of fused-ring (bicyclic) bond motifs is 3. The van der Waals surface area contributed by atoms with Gasteiger partial charge in [-0.2, -0.15) is 0 Å². The third kappa shape index (κ3) is 3.82. The number of benzene rings is 2. The number of rotatable bonds is 5. The van der Waals surface area contributed by atoms with Gasteiger partial charge in [-0.15, -0.1) is 0 Å². The van der Waals surface area contributed by atoms with Crippen LogP contribution in [-0.4, -0.2) is 52.2 Å². The summed E-state index contributed by atoms with van der Waals surface area (Å²) in [5, 5.41) is 2.61. The number of aromatic amines is 1. The molecule has 2 bridgehead atoms. The highest BCUT2D eigenvalue weighted by atomic mass is 19.1. The predicted octanol–water partition coefficient (Wildman–Crippen LogP) is 2.39. The molecule has 0 aliphatic carbocycles. The first-order chi connectivity index (χ1) is 17.1. The van der Waals surface area contributed by atoms with Crippen molar-refractivity contribution in [3.63, 3.8) is 0 Å². The maximum absolute atomic E-state index is 14.4. The first-order valence-corrected chi connectivity index (χ1v) is 11.6. The van der Waals surface area contributed by atoms with Crippen LogP contribution in [0.25, 0.3) is 10.9 Å². The van der Waals surface area contributed by atoms with Crippen molar-refractivity contribution in [1.29, 1.82) is 0 Å². The summed E-state index contributed by atoms with van der Waals surface area (Å²) in [7, 11) is 1.81. The molecule has 11 heteroatoms. The van der Waals surface area contributed by atoms with Gasteiger partial charge in [0.2, 0.25) is 5.91 Å². The molecule has 0 spiro atoms. The summed E-state index contributed by atoms with van der Waals surface area (Å²) < 4.78 is 48.4. The molecule has 2 N–H and O–H groups in total. The average molecular weight is 502 g/mol. The molecule has 5 rings (SSSR count). The fourth-order valence-corrected chi connectivity index (χ4v) is 5.56. The van der Waals surface area contributed by atoms with Gasteiger partial charge in [0, 0.05) is 17.7 Å². The Morgan fingerprint density at radius 1 is 1.17 bits per heavy atom. The number of likely N-dealkylation sites (N-methyl/N-ethyl adjacent to an activating group) is 1. The average Bonchev–Trinajstić information content (AvgIpc) is 2.99. The van der Waals surface area contributed by atoms with E-state index in [0.29, 0.717) is 25.5 Å². The van der Waals surface area contributed by atoms with E-state index in [-0.39, 0.29) is 29.1 Å². The summed E-state index contributed by atoms with van der Waals surface area (Å²) in [4.78, 5) is 45.2. The van der Waals surface area contributed by atoms with Crippen LogP contribution in [0.2, 0.25) is 0 Å². The minimum absolute atomic E-state index is 0.0197. The Morgan fingerprint density at radius 3 is 2.64 bits per heavy atom. The van der Waals surface area contributed by atoms with Gasteiger partial charge in [-0.05, 0) is 51.1 Å². The minimum atomic E-state index is -1.37. The Morgan fingerprint density at radius 2 is 1.89 bits per heavy atom. The second-order valence-corrected chi connectivity index (χ2v) is 9.52. The number of nitrogens with zero attached hydrogens (tertiary/aromatic N) is 2. The molecule has 3 heterocycles. The summed E-state index contributed by atoms with van der Waals surface area (Å²) in [5.74, 6) is -2.98. The van der Waals surface area contributed by atoms with Gasteiger partial charge in [-0.1, -0.05) is 6.07 Å². The van der Waals surface area contributed by atoms with Crippen molar-refractivity contribution < 1.29 is 22.7 Å². The highest BCUT2D eigenvalue weighted by Crippen LogP contribution is 2.43. The van der Waals surface area contributed by atoms with Gasteiger partial charge < -0.3 is 15.0 Å². The smallest absolute Gasteiger partial charge is 0.329 e. The number of carbonyl (C=O) groups is 1. The molecule has 3 aromatic rings. The number of hydrogen-bond acceptors (Lipinski definition) is 5. The molecule has 36 heavy (non-hydrogen) atoms. The highest BCUT2D eigenvalue weighted by molar-refractivity contribution is 5.83. The van der Waals surface area contributed by atoms with Gasteiger partial charge >= 0.3 is 5.69 Å². The van der Waals surface area contributed by atoms with Gasteiger partial charge in [0.05, 0.1) is 35.7 Å². The van der Waals surface area contributed by atoms with Crippen molar-refractivity contribution in [1.82, 2.24) is 19.8 Å². The molecule has 0 saturated carbocycles. The van der Waals surface area contributed by atoms with E-state index in [9.17, 15) is 27.6 Å². The fourth-order valence-electron chi connectivity index (χ4n) is 5.56. The number of hydrogen-bond donors (Lipinski definition) is 2. The van der Waals surface area contributed by atoms with E-state index < -0.39 is 52.2 Å². The number of ether oxygens (including phenoxy) is 1. The Kier molecular flexibility index (Phi) is 6.00. The zero-order valence-electron chi connectivity index (χ0n) is 19.7. The number of halogens is 3. The van der Waals surface area contributed by atoms with Crippen LogP contribution >= 0.6 is 0 Å². The molecule has 2 aromatic carbocycles. The molecule has 1 amide bonds. The van der Waals surface area contributed by atoms with Gasteiger partial charge in [0.15, 0.2) is 0 Å². The number of nitrogens with one attached hydrogen (secondary N) is 2. The van der Waals surface area contributed by atoms with Crippen LogP contribution in [0.15, 0.2) is 46.0 Å². The van der Waals surface area contributed by atoms with Crippen LogP contribution in [0.3, 0.4) is 0 Å². The number of amides is 1. The van der Waals surface area contributed by atoms with E-state index in [1.165, 1.54) is 19.1 Å². The van der Waals surface area contributed by atoms with Crippen LogP contribution in [-0.2, 0) is 9.53 Å². The number of H-pyrrole nitrogens is 1. The lowest BCUT2D eigenvalue weighted by Gasteiger charge is -2.46. The summed E-state index contributed by atoms with van der Waals surface area (Å²) in [6.07, 6.45) is 1.13. The summed E-state index contributed by atoms with van der Waals surface area (Å²) in [5.41, 5.74) is -2.53. The van der Waals surface area contributed by atoms with Crippen molar-refractivity contribution in [2.75, 3.05) is 20.3 Å². The maximum atomic E-state index is 14.4. The van der Waals surface area contributed by atoms with Crippen LogP contribution in [0.1, 0.15) is 37.4 Å². The predicted molar refractivity (Wildman–Crippen MR) is 125 cm³/mol. The molecule has 0 unspecified atom stereocenters. The van der Waals surface area contributed by atoms with Crippen molar-refractivity contribution in [3.8, 4) is 0 Å². The summed E-state index contributed by atoms with van der Waals surface area (Å²) in [6.45, 7) is 2.03. The van der Waals surface area contributed by atoms with E-state index in [1.807, 2.05) is 11.9 Å². The summed E-state index contributed by atoms with van der Waals surface area (Å²) >= 11 is 0. The maximum Gasteiger partial charge on any atom is 0.329 e. The number of morpholine rings is 1. The zero-order valence-corrected chi connectivity index (χ0v) is 19.7. The standard InChI is InChI=1S/C25H25F3N4O4/c1-13(17-5-3-15(27)10-19(17)28)29-22(33)21(25-8-7-16(31(25)2)11-36-12-25)32-23(34)18-9-14(26)4-6-20(18)30-24(32)35/h3-6,9-10,13,16,21H,7-8,11-12H2,1-2H3,(H,29,33)(H,30,35)/t13-,16-,21-,25+/m0/s1. The second kappa shape index (κ2) is 8.90. The van der Waals surface area contributed by atoms with Crippen LogP contribution in [0, 0.1) is 17.5 Å². The lowest BCUT2D eigenvalue weighted by atomic mass is 9.86. The number of aromatic nitrogens is 2. The minimum Gasteiger partial charge on any atom is -0.378 e. The molecule has 2 aliphatic rings. The van der Waals surface area contributed by atoms with Gasteiger partial charge in [-0.3, -0.25) is 14.5 Å². The third-order valence-electron chi connectivity index (χ3n) is 7.52. The molecule has 2 saturated heterocycles. The Labute approximate surface area is 203 Å². The molecule has 2 fully saturated rings. The first kappa shape index (κ1) is 24.3. The molecule has 2 aliphatic heterocycles. The second-order valence-electron chi connectivity index (χ2n) is 9.52. The van der Waals surface area contributed by atoms with Crippen LogP contribution in [0.5, 0.6) is 0 Å². The Hall–Kier alpha value is -3.44. The van der Waals surface area contributed by atoms with E-state index in [1.54, 1.807) is 0 Å². The van der Waals surface area contributed by atoms with Crippen molar-refractivity contribution in [3.05, 3.63) is 80.3 Å². The van der Waals surface area contributed by atoms with E-state index in [2.05, 4.69) is 10.3 Å². The van der Waals surface area contributed by atoms with Gasteiger partial charge in [0.25, 0.3) is 5.56 Å². The van der Waals surface area contributed by atoms with Gasteiger partial charge in [0.1, 0.15) is 23.5 Å². The molecule has 8 nitrogen and oxygen atoms in total. The lowest BCUT2D eigenvalue weighted by molar-refractivity contribution is -0.137. The SMILES string of the molecule is C[C@H](NC(=O)[C@H](n1c(=O)[nH]c2ccc(F)cc2c1=O)[C@@]12CC[C@@H](COC1)N2C)c1ccc(F)cc1F. The highest BCUT2D eigenvalue weighted by Gasteiger charge is 2.56. The Balaban J connectivity index is 1.65. The van der Waals surface area contributed by atoms with Crippen LogP contribution in [0.4, 0.5) is 13.2 Å². The van der Waals surface area contributed by atoms with E-state index in [0.717, 1.165) is 22.8 Å². The van der Waals surface area contributed by atoms with Crippen molar-refractivity contribution in [2.45, 2.75) is 43.4 Å². The van der Waals surface area contributed by atoms with Gasteiger partial charge in [-0.25, -0.2) is 22.5 Å². The van der Waals surface area contributed by atoms with Crippen molar-refractivity contribution in [2.24, 2.45) is 0 Å². The summed E-state index contributed by atoms with van der Waals surface area (Å²) in [6, 6.07) is 4.13. The number of carbonyl (C=O) groups excluding carboxylic acids is 1. The quantitative estimate of drug-likeness (QED) is 0.559. The molecule has 4 atom stereocenters. The fraction of sp³-hybridized carbons (Fsp3) is 0.400. The van der Waals surface area contributed by atoms with Crippen molar-refractivity contribution >= 4 is 16.8 Å². The molecular weight excluding hydrogens is 477 g/mol. The Bertz CT molecular complexity index is 1470. The zero-order chi connectivity index (χ0) is 25.8. The monoisotopic (exact) mass is 502 g/mol. The van der Waals surface area contributed by atoms with Crippen LogP contribution < -0.4 is 16.6 Å². The molecule has 0 radical (unpaired) electrons. The van der Waals surface area contributed by atoms with E-state index >= 15 is 0 Å². The first-order valence-electron chi connectivity index (χ1n) is 11.6. The molecule has 190 valence electrons. The lowest BCUT2D eigenvalue weighted by Crippen LogP contribution is -2.64. The topological polar surface area (TPSA) is 96.4 Å². The normalized spacial score (nSPS) is 23.5.